The van der Waals surface area contributed by atoms with Crippen LogP contribution >= 0.6 is 0 Å². The first-order valence-electron chi connectivity index (χ1n) is 8.10. The van der Waals surface area contributed by atoms with Crippen molar-refractivity contribution in [1.29, 1.82) is 0 Å². The van der Waals surface area contributed by atoms with Crippen molar-refractivity contribution in [3.63, 3.8) is 0 Å². The Morgan fingerprint density at radius 2 is 1.76 bits per heavy atom. The summed E-state index contributed by atoms with van der Waals surface area (Å²) in [5, 5.41) is 4.34. The summed E-state index contributed by atoms with van der Waals surface area (Å²) in [5.41, 5.74) is 5.71. The Morgan fingerprint density at radius 3 is 2.38 bits per heavy atom. The van der Waals surface area contributed by atoms with Crippen molar-refractivity contribution in [2.45, 2.75) is 33.9 Å². The van der Waals surface area contributed by atoms with Crippen LogP contribution in [0.1, 0.15) is 26.6 Å². The van der Waals surface area contributed by atoms with E-state index >= 15 is 0 Å². The fourth-order valence-corrected chi connectivity index (χ4v) is 2.75. The molecule has 0 bridgehead atoms. The molecule has 1 aromatic rings. The zero-order chi connectivity index (χ0) is 15.2. The second-order valence-electron chi connectivity index (χ2n) is 6.67. The van der Waals surface area contributed by atoms with Gasteiger partial charge in [-0.2, -0.15) is 5.10 Å². The summed E-state index contributed by atoms with van der Waals surface area (Å²) in [5.74, 6) is 2.28. The minimum absolute atomic E-state index is 0.589. The molecule has 0 aromatic carbocycles. The van der Waals surface area contributed by atoms with E-state index in [1.165, 1.54) is 0 Å². The van der Waals surface area contributed by atoms with Gasteiger partial charge >= 0.3 is 0 Å². The van der Waals surface area contributed by atoms with E-state index in [2.05, 4.69) is 40.7 Å². The molecule has 120 valence electrons. The van der Waals surface area contributed by atoms with Crippen molar-refractivity contribution in [3.05, 3.63) is 12.2 Å². The summed E-state index contributed by atoms with van der Waals surface area (Å²) in [4.78, 5) is 9.42. The summed E-state index contributed by atoms with van der Waals surface area (Å²) >= 11 is 0. The van der Waals surface area contributed by atoms with Gasteiger partial charge in [-0.25, -0.2) is 9.67 Å². The molecule has 0 spiro atoms. The average Bonchev–Trinajstić information content (AvgIpc) is 2.87. The summed E-state index contributed by atoms with van der Waals surface area (Å²) < 4.78 is 2.05. The van der Waals surface area contributed by atoms with Crippen LogP contribution in [0.5, 0.6) is 0 Å². The fourth-order valence-electron chi connectivity index (χ4n) is 2.75. The topological polar surface area (TPSA) is 63.2 Å². The minimum atomic E-state index is 0.589. The molecule has 2 N–H and O–H groups in total. The molecule has 0 radical (unpaired) electrons. The van der Waals surface area contributed by atoms with Gasteiger partial charge in [0.15, 0.2) is 0 Å². The highest BCUT2D eigenvalue weighted by Gasteiger charge is 2.19. The zero-order valence-corrected chi connectivity index (χ0v) is 13.7. The first-order chi connectivity index (χ1) is 10.1. The van der Waals surface area contributed by atoms with Gasteiger partial charge in [-0.15, -0.1) is 0 Å². The van der Waals surface area contributed by atoms with Crippen molar-refractivity contribution in [1.82, 2.24) is 24.6 Å². The number of aromatic nitrogens is 3. The summed E-state index contributed by atoms with van der Waals surface area (Å²) in [6, 6.07) is 0. The average molecular weight is 294 g/mol. The molecule has 2 heterocycles. The van der Waals surface area contributed by atoms with E-state index < -0.39 is 0 Å². The van der Waals surface area contributed by atoms with Crippen LogP contribution in [-0.4, -0.2) is 63.8 Å². The number of rotatable bonds is 7. The smallest absolute Gasteiger partial charge is 0.141 e. The van der Waals surface area contributed by atoms with Gasteiger partial charge < -0.3 is 10.6 Å². The zero-order valence-electron chi connectivity index (χ0n) is 13.7. The van der Waals surface area contributed by atoms with E-state index in [9.17, 15) is 0 Å². The second-order valence-corrected chi connectivity index (χ2v) is 6.67. The number of nitrogens with zero attached hydrogens (tertiary/aromatic N) is 5. The van der Waals surface area contributed by atoms with Gasteiger partial charge in [-0.05, 0) is 18.4 Å². The van der Waals surface area contributed by atoms with Crippen LogP contribution in [0.2, 0.25) is 0 Å². The van der Waals surface area contributed by atoms with E-state index in [1.54, 1.807) is 6.33 Å². The lowest BCUT2D eigenvalue weighted by Gasteiger charge is -2.35. The summed E-state index contributed by atoms with van der Waals surface area (Å²) in [6.07, 6.45) is 1.68. The van der Waals surface area contributed by atoms with Crippen LogP contribution in [0.15, 0.2) is 6.33 Å². The highest BCUT2D eigenvalue weighted by Crippen LogP contribution is 2.09. The molecule has 21 heavy (non-hydrogen) atoms. The molecule has 2 rings (SSSR count). The normalized spacial score (nSPS) is 19.3. The van der Waals surface area contributed by atoms with Gasteiger partial charge in [0.25, 0.3) is 0 Å². The highest BCUT2D eigenvalue weighted by atomic mass is 15.4. The third kappa shape index (κ3) is 5.05. The Kier molecular flexibility index (Phi) is 6.14. The van der Waals surface area contributed by atoms with Crippen molar-refractivity contribution < 1.29 is 0 Å². The largest absolute Gasteiger partial charge is 0.330 e. The Bertz CT molecular complexity index is 408. The lowest BCUT2D eigenvalue weighted by Crippen LogP contribution is -2.47. The number of hydrogen-bond acceptors (Lipinski definition) is 5. The molecule has 1 aromatic heterocycles. The summed E-state index contributed by atoms with van der Waals surface area (Å²) in [6.45, 7) is 14.9. The maximum Gasteiger partial charge on any atom is 0.141 e. The number of piperazine rings is 1. The lowest BCUT2D eigenvalue weighted by atomic mass is 10.1. The van der Waals surface area contributed by atoms with Gasteiger partial charge in [0.1, 0.15) is 12.2 Å². The molecule has 0 aliphatic carbocycles. The molecule has 1 atom stereocenters. The lowest BCUT2D eigenvalue weighted by molar-refractivity contribution is 0.113. The summed E-state index contributed by atoms with van der Waals surface area (Å²) in [7, 11) is 0. The highest BCUT2D eigenvalue weighted by molar-refractivity contribution is 4.87. The molecule has 1 aliphatic rings. The Morgan fingerprint density at radius 1 is 1.10 bits per heavy atom. The van der Waals surface area contributed by atoms with Gasteiger partial charge in [-0.3, -0.25) is 4.90 Å². The molecule has 1 aliphatic heterocycles. The number of hydrogen-bond donors (Lipinski definition) is 1. The molecular formula is C15H30N6. The van der Waals surface area contributed by atoms with Crippen LogP contribution in [0.3, 0.4) is 0 Å². The Balaban J connectivity index is 1.80. The van der Waals surface area contributed by atoms with Crippen LogP contribution in [0, 0.1) is 11.8 Å². The maximum atomic E-state index is 5.71. The first-order valence-corrected chi connectivity index (χ1v) is 8.10. The van der Waals surface area contributed by atoms with E-state index in [1.807, 2.05) is 4.68 Å². The molecule has 1 unspecified atom stereocenters. The predicted molar refractivity (Wildman–Crippen MR) is 84.8 cm³/mol. The van der Waals surface area contributed by atoms with E-state index in [-0.39, 0.29) is 0 Å². The van der Waals surface area contributed by atoms with Crippen molar-refractivity contribution in [2.24, 2.45) is 17.6 Å². The maximum absolute atomic E-state index is 5.71. The SMILES string of the molecule is CC(C)Cn1ncnc1CN1CCN(CC(C)CN)CC1. The van der Waals surface area contributed by atoms with Crippen molar-refractivity contribution in [2.75, 3.05) is 39.3 Å². The molecule has 0 amide bonds. The quantitative estimate of drug-likeness (QED) is 0.800. The van der Waals surface area contributed by atoms with Crippen LogP contribution < -0.4 is 5.73 Å². The molecular weight excluding hydrogens is 264 g/mol. The molecule has 6 nitrogen and oxygen atoms in total. The second kappa shape index (κ2) is 7.87. The van der Waals surface area contributed by atoms with Crippen LogP contribution in [0.4, 0.5) is 0 Å². The predicted octanol–water partition coefficient (Wildman–Crippen LogP) is 0.647. The molecule has 0 saturated carbocycles. The third-order valence-electron chi connectivity index (χ3n) is 4.04. The van der Waals surface area contributed by atoms with E-state index in [0.717, 1.165) is 58.2 Å². The van der Waals surface area contributed by atoms with Crippen LogP contribution in [-0.2, 0) is 13.1 Å². The van der Waals surface area contributed by atoms with Gasteiger partial charge in [0.2, 0.25) is 0 Å². The number of nitrogens with two attached hydrogens (primary N) is 1. The Labute approximate surface area is 128 Å². The monoisotopic (exact) mass is 294 g/mol. The fraction of sp³-hybridized carbons (Fsp3) is 0.867. The van der Waals surface area contributed by atoms with Gasteiger partial charge in [-0.1, -0.05) is 20.8 Å². The first kappa shape index (κ1) is 16.4. The molecule has 1 saturated heterocycles. The van der Waals surface area contributed by atoms with Gasteiger partial charge in [0.05, 0.1) is 6.54 Å². The molecule has 1 fully saturated rings. The molecule has 6 heteroatoms. The minimum Gasteiger partial charge on any atom is -0.330 e. The standard InChI is InChI=1S/C15H30N6/c1-13(2)9-21-15(17-12-18-21)11-20-6-4-19(5-7-20)10-14(3)8-16/h12-14H,4-11,16H2,1-3H3. The van der Waals surface area contributed by atoms with E-state index in [0.29, 0.717) is 11.8 Å². The third-order valence-corrected chi connectivity index (χ3v) is 4.04. The van der Waals surface area contributed by atoms with Crippen LogP contribution in [0.25, 0.3) is 0 Å². The van der Waals surface area contributed by atoms with Crippen molar-refractivity contribution in [3.8, 4) is 0 Å². The van der Waals surface area contributed by atoms with Crippen molar-refractivity contribution >= 4 is 0 Å². The Hall–Kier alpha value is -0.980. The van der Waals surface area contributed by atoms with Gasteiger partial charge in [0, 0.05) is 39.3 Å². The van der Waals surface area contributed by atoms with E-state index in [4.69, 9.17) is 5.73 Å².